The minimum atomic E-state index is -0.625. The van der Waals surface area contributed by atoms with Crippen molar-refractivity contribution in [3.8, 4) is 0 Å². The summed E-state index contributed by atoms with van der Waals surface area (Å²) in [6.07, 6.45) is 3.94. The third kappa shape index (κ3) is 4.18. The number of aliphatic hydroxyl groups excluding tert-OH is 1. The van der Waals surface area contributed by atoms with Gasteiger partial charge in [-0.15, -0.1) is 0 Å². The van der Waals surface area contributed by atoms with Crippen molar-refractivity contribution < 1.29 is 24.1 Å². The normalized spacial score (nSPS) is 26.7. The summed E-state index contributed by atoms with van der Waals surface area (Å²) in [5, 5.41) is 15.2. The number of nitrogens with zero attached hydrogens (tertiary/aromatic N) is 4. The molecule has 172 valence electrons. The van der Waals surface area contributed by atoms with Crippen LogP contribution in [0, 0.1) is 0 Å². The Balaban J connectivity index is 1.39. The van der Waals surface area contributed by atoms with Crippen molar-refractivity contribution in [3.05, 3.63) is 54.6 Å². The lowest BCUT2D eigenvalue weighted by Crippen LogP contribution is -2.30. The van der Waals surface area contributed by atoms with E-state index in [1.807, 2.05) is 49.4 Å². The lowest BCUT2D eigenvalue weighted by atomic mass is 10.1. The van der Waals surface area contributed by atoms with Gasteiger partial charge in [0.1, 0.15) is 24.6 Å². The fourth-order valence-corrected chi connectivity index (χ4v) is 4.02. The maximum Gasteiger partial charge on any atom is 0.320 e. The van der Waals surface area contributed by atoms with E-state index < -0.39 is 30.8 Å². The number of ether oxygens (including phenoxy) is 3. The number of benzene rings is 1. The molecule has 5 atom stereocenters. The number of hydrogen-bond donors (Lipinski definition) is 3. The zero-order chi connectivity index (χ0) is 22.8. The number of imidazole rings is 1. The standard InChI is InChI=1S/C22H24N6O5/c1-2-23-22(30)27-19-16-20(25-11-24-19)28(12-26-16)21-18-17(14(10-29)31-21)32-15(33-18)9-8-13-6-4-3-5-7-13/h3-9,11-12,14-15,17-18,21,29H,2,10H2,1H3,(H2,23,24,25,27,30). The topological polar surface area (TPSA) is 133 Å². The number of carbonyl (C=O) groups is 1. The van der Waals surface area contributed by atoms with E-state index in [0.717, 1.165) is 5.56 Å². The Morgan fingerprint density at radius 2 is 1.97 bits per heavy atom. The number of rotatable bonds is 6. The van der Waals surface area contributed by atoms with Crippen molar-refractivity contribution in [3.63, 3.8) is 0 Å². The predicted octanol–water partition coefficient (Wildman–Crippen LogP) is 1.68. The number of amides is 2. The summed E-state index contributed by atoms with van der Waals surface area (Å²) in [4.78, 5) is 24.8. The van der Waals surface area contributed by atoms with Gasteiger partial charge in [-0.3, -0.25) is 9.88 Å². The van der Waals surface area contributed by atoms with E-state index in [2.05, 4.69) is 25.6 Å². The van der Waals surface area contributed by atoms with Crippen LogP contribution in [0.2, 0.25) is 0 Å². The average molecular weight is 452 g/mol. The summed E-state index contributed by atoms with van der Waals surface area (Å²) >= 11 is 0. The lowest BCUT2D eigenvalue weighted by molar-refractivity contribution is -0.133. The van der Waals surface area contributed by atoms with Crippen molar-refractivity contribution in [2.24, 2.45) is 0 Å². The van der Waals surface area contributed by atoms with Crippen LogP contribution in [0.25, 0.3) is 17.2 Å². The second kappa shape index (κ2) is 9.24. The summed E-state index contributed by atoms with van der Waals surface area (Å²) in [5.41, 5.74) is 1.90. The van der Waals surface area contributed by atoms with Crippen LogP contribution in [-0.4, -0.2) is 68.4 Å². The summed E-state index contributed by atoms with van der Waals surface area (Å²) in [6, 6.07) is 9.45. The van der Waals surface area contributed by atoms with Crippen LogP contribution in [0.3, 0.4) is 0 Å². The average Bonchev–Trinajstić information content (AvgIpc) is 3.52. The highest BCUT2D eigenvalue weighted by molar-refractivity contribution is 5.95. The zero-order valence-corrected chi connectivity index (χ0v) is 17.9. The summed E-state index contributed by atoms with van der Waals surface area (Å²) in [5.74, 6) is 0.283. The second-order valence-corrected chi connectivity index (χ2v) is 7.62. The minimum absolute atomic E-state index is 0.220. The molecule has 5 unspecified atom stereocenters. The molecule has 2 aliphatic rings. The quantitative estimate of drug-likeness (QED) is 0.515. The first-order valence-electron chi connectivity index (χ1n) is 10.7. The summed E-state index contributed by atoms with van der Waals surface area (Å²) in [6.45, 7) is 2.08. The maximum atomic E-state index is 11.9. The van der Waals surface area contributed by atoms with Crippen molar-refractivity contribution in [1.29, 1.82) is 0 Å². The van der Waals surface area contributed by atoms with Gasteiger partial charge >= 0.3 is 6.03 Å². The highest BCUT2D eigenvalue weighted by atomic mass is 16.8. The fourth-order valence-electron chi connectivity index (χ4n) is 4.02. The Bertz CT molecular complexity index is 1150. The monoisotopic (exact) mass is 452 g/mol. The van der Waals surface area contributed by atoms with Crippen LogP contribution in [0.1, 0.15) is 18.7 Å². The molecule has 2 amide bonds. The Labute approximate surface area is 189 Å². The largest absolute Gasteiger partial charge is 0.394 e. The van der Waals surface area contributed by atoms with Gasteiger partial charge < -0.3 is 24.6 Å². The Kier molecular flexibility index (Phi) is 6.01. The number of aliphatic hydroxyl groups is 1. The van der Waals surface area contributed by atoms with Crippen LogP contribution in [0.5, 0.6) is 0 Å². The van der Waals surface area contributed by atoms with E-state index in [4.69, 9.17) is 14.2 Å². The lowest BCUT2D eigenvalue weighted by Gasteiger charge is -2.19. The first kappa shape index (κ1) is 21.5. The second-order valence-electron chi connectivity index (χ2n) is 7.62. The van der Waals surface area contributed by atoms with Gasteiger partial charge in [0, 0.05) is 6.54 Å². The highest BCUT2D eigenvalue weighted by Crippen LogP contribution is 2.40. The Hall–Kier alpha value is -3.38. The molecule has 0 saturated carbocycles. The van der Waals surface area contributed by atoms with E-state index in [0.29, 0.717) is 17.7 Å². The third-order valence-corrected chi connectivity index (χ3v) is 5.50. The van der Waals surface area contributed by atoms with Gasteiger partial charge in [0.05, 0.1) is 12.9 Å². The smallest absolute Gasteiger partial charge is 0.320 e. The molecule has 5 rings (SSSR count). The van der Waals surface area contributed by atoms with E-state index >= 15 is 0 Å². The van der Waals surface area contributed by atoms with E-state index in [1.54, 1.807) is 10.9 Å². The molecule has 3 N–H and O–H groups in total. The molecular weight excluding hydrogens is 428 g/mol. The molecule has 4 heterocycles. The van der Waals surface area contributed by atoms with E-state index in [9.17, 15) is 9.90 Å². The van der Waals surface area contributed by atoms with Gasteiger partial charge in [0.2, 0.25) is 0 Å². The highest BCUT2D eigenvalue weighted by Gasteiger charge is 2.53. The van der Waals surface area contributed by atoms with Gasteiger partial charge in [0.15, 0.2) is 29.5 Å². The molecule has 0 spiro atoms. The number of aromatic nitrogens is 4. The van der Waals surface area contributed by atoms with Crippen molar-refractivity contribution in [1.82, 2.24) is 24.8 Å². The number of anilines is 1. The number of hydrogen-bond acceptors (Lipinski definition) is 8. The van der Waals surface area contributed by atoms with Gasteiger partial charge in [-0.05, 0) is 18.6 Å². The minimum Gasteiger partial charge on any atom is -0.394 e. The molecule has 2 fully saturated rings. The van der Waals surface area contributed by atoms with Crippen molar-refractivity contribution >= 4 is 29.1 Å². The maximum absolute atomic E-state index is 11.9. The SMILES string of the molecule is CCNC(=O)Nc1ncnc2c1ncn2C1OC(CO)C2OC(C=Cc3ccccc3)OC21. The van der Waals surface area contributed by atoms with Gasteiger partial charge in [0.25, 0.3) is 0 Å². The van der Waals surface area contributed by atoms with Gasteiger partial charge in [-0.25, -0.2) is 19.7 Å². The number of carbonyl (C=O) groups excluding carboxylic acids is 1. The number of nitrogens with one attached hydrogen (secondary N) is 2. The molecular formula is C22H24N6O5. The molecule has 2 aliphatic heterocycles. The van der Waals surface area contributed by atoms with Crippen LogP contribution >= 0.6 is 0 Å². The zero-order valence-electron chi connectivity index (χ0n) is 17.9. The molecule has 0 bridgehead atoms. The summed E-state index contributed by atoms with van der Waals surface area (Å²) < 4.78 is 19.9. The molecule has 33 heavy (non-hydrogen) atoms. The van der Waals surface area contributed by atoms with E-state index in [-0.39, 0.29) is 18.5 Å². The van der Waals surface area contributed by atoms with E-state index in [1.165, 1.54) is 6.33 Å². The van der Waals surface area contributed by atoms with Crippen LogP contribution in [0.4, 0.5) is 10.6 Å². The summed E-state index contributed by atoms with van der Waals surface area (Å²) in [7, 11) is 0. The fraction of sp³-hybridized carbons (Fsp3) is 0.364. The van der Waals surface area contributed by atoms with Crippen LogP contribution < -0.4 is 10.6 Å². The van der Waals surface area contributed by atoms with Crippen molar-refractivity contribution in [2.45, 2.75) is 37.8 Å². The van der Waals surface area contributed by atoms with Gasteiger partial charge in [-0.1, -0.05) is 36.4 Å². The molecule has 1 aromatic carbocycles. The molecule has 11 heteroatoms. The first-order valence-corrected chi connectivity index (χ1v) is 10.7. The number of urea groups is 1. The molecule has 0 radical (unpaired) electrons. The predicted molar refractivity (Wildman–Crippen MR) is 118 cm³/mol. The van der Waals surface area contributed by atoms with Gasteiger partial charge in [-0.2, -0.15) is 0 Å². The molecule has 3 aromatic rings. The third-order valence-electron chi connectivity index (χ3n) is 5.50. The first-order chi connectivity index (χ1) is 16.2. The number of fused-ring (bicyclic) bond motifs is 2. The molecule has 0 aliphatic carbocycles. The Morgan fingerprint density at radius 1 is 1.15 bits per heavy atom. The molecule has 11 nitrogen and oxygen atoms in total. The van der Waals surface area contributed by atoms with Crippen molar-refractivity contribution in [2.75, 3.05) is 18.5 Å². The molecule has 2 saturated heterocycles. The van der Waals surface area contributed by atoms with Crippen LogP contribution in [0.15, 0.2) is 49.1 Å². The Morgan fingerprint density at radius 3 is 2.76 bits per heavy atom. The van der Waals surface area contributed by atoms with Crippen LogP contribution in [-0.2, 0) is 14.2 Å². The molecule has 2 aromatic heterocycles.